The van der Waals surface area contributed by atoms with E-state index in [0.717, 1.165) is 25.9 Å². The van der Waals surface area contributed by atoms with Crippen molar-refractivity contribution < 1.29 is 9.53 Å². The number of hydrogen-bond donors (Lipinski definition) is 1. The van der Waals surface area contributed by atoms with Crippen LogP contribution < -0.4 is 5.73 Å². The molecule has 5 nitrogen and oxygen atoms in total. The van der Waals surface area contributed by atoms with Crippen molar-refractivity contribution in [2.24, 2.45) is 5.73 Å². The van der Waals surface area contributed by atoms with Crippen molar-refractivity contribution in [2.45, 2.75) is 37.8 Å². The fourth-order valence-corrected chi connectivity index (χ4v) is 2.48. The van der Waals surface area contributed by atoms with Crippen LogP contribution in [0.2, 0.25) is 0 Å². The summed E-state index contributed by atoms with van der Waals surface area (Å²) in [7, 11) is 5.59. The van der Waals surface area contributed by atoms with Gasteiger partial charge in [-0.2, -0.15) is 0 Å². The molecule has 1 aliphatic carbocycles. The number of nitrogens with two attached hydrogens (primary N) is 1. The number of amides is 1. The molecule has 0 aromatic rings. The lowest BCUT2D eigenvalue weighted by molar-refractivity contribution is -0.143. The number of hydrogen-bond acceptors (Lipinski definition) is 4. The Bertz CT molecular complexity index is 254. The standard InChI is InChI=1S/C13H27N3O2.ClH/c1-15(2)8-9-16(11-6-4-5-7-11)13(17)12(10-14)18-3;/h11-12H,4-10,14H2,1-3H3;1H. The predicted octanol–water partition coefficient (Wildman–Crippen LogP) is 0.715. The van der Waals surface area contributed by atoms with Crippen LogP contribution >= 0.6 is 12.4 Å². The Hall–Kier alpha value is -0.360. The molecule has 0 aliphatic heterocycles. The molecule has 0 aromatic heterocycles. The third kappa shape index (κ3) is 5.65. The number of carbonyl (C=O) groups is 1. The molecule has 0 saturated heterocycles. The van der Waals surface area contributed by atoms with E-state index in [0.29, 0.717) is 6.04 Å². The number of carbonyl (C=O) groups excluding carboxylic acids is 1. The van der Waals surface area contributed by atoms with Gasteiger partial charge in [-0.1, -0.05) is 12.8 Å². The van der Waals surface area contributed by atoms with Crippen LogP contribution in [0, 0.1) is 0 Å². The molecule has 2 N–H and O–H groups in total. The van der Waals surface area contributed by atoms with E-state index in [-0.39, 0.29) is 24.9 Å². The number of halogens is 1. The normalized spacial score (nSPS) is 17.3. The van der Waals surface area contributed by atoms with Crippen LogP contribution in [0.3, 0.4) is 0 Å². The lowest BCUT2D eigenvalue weighted by atomic mass is 10.1. The summed E-state index contributed by atoms with van der Waals surface area (Å²) in [6.45, 7) is 1.89. The largest absolute Gasteiger partial charge is 0.370 e. The van der Waals surface area contributed by atoms with Gasteiger partial charge in [-0.05, 0) is 26.9 Å². The second-order valence-corrected chi connectivity index (χ2v) is 5.23. The highest BCUT2D eigenvalue weighted by Crippen LogP contribution is 2.24. The highest BCUT2D eigenvalue weighted by molar-refractivity contribution is 5.85. The second-order valence-electron chi connectivity index (χ2n) is 5.23. The van der Waals surface area contributed by atoms with E-state index < -0.39 is 6.10 Å². The predicted molar refractivity (Wildman–Crippen MR) is 79.6 cm³/mol. The molecule has 0 bridgehead atoms. The SMILES string of the molecule is COC(CN)C(=O)N(CCN(C)C)C1CCCC1.Cl. The molecule has 1 fully saturated rings. The first-order valence-electron chi connectivity index (χ1n) is 6.78. The molecule has 6 heteroatoms. The van der Waals surface area contributed by atoms with E-state index in [1.165, 1.54) is 12.8 Å². The highest BCUT2D eigenvalue weighted by Gasteiger charge is 2.30. The van der Waals surface area contributed by atoms with Crippen LogP contribution in [0.15, 0.2) is 0 Å². The van der Waals surface area contributed by atoms with Crippen LogP contribution in [-0.4, -0.2) is 68.7 Å². The zero-order chi connectivity index (χ0) is 13.5. The Kier molecular flexibility index (Phi) is 9.35. The molecule has 0 radical (unpaired) electrons. The van der Waals surface area contributed by atoms with Gasteiger partial charge in [0.2, 0.25) is 0 Å². The molecule has 0 aromatic carbocycles. The quantitative estimate of drug-likeness (QED) is 0.751. The molecule has 0 heterocycles. The molecule has 1 aliphatic rings. The Balaban J connectivity index is 0.00000324. The molecule has 19 heavy (non-hydrogen) atoms. The summed E-state index contributed by atoms with van der Waals surface area (Å²) in [5, 5.41) is 0. The summed E-state index contributed by atoms with van der Waals surface area (Å²) in [5.41, 5.74) is 5.59. The third-order valence-electron chi connectivity index (χ3n) is 3.61. The molecule has 1 saturated carbocycles. The first kappa shape index (κ1) is 18.6. The lowest BCUT2D eigenvalue weighted by Gasteiger charge is -2.32. The zero-order valence-electron chi connectivity index (χ0n) is 12.3. The van der Waals surface area contributed by atoms with Gasteiger partial charge >= 0.3 is 0 Å². The van der Waals surface area contributed by atoms with Gasteiger partial charge in [0.15, 0.2) is 0 Å². The van der Waals surface area contributed by atoms with Crippen LogP contribution in [0.5, 0.6) is 0 Å². The van der Waals surface area contributed by atoms with E-state index in [9.17, 15) is 4.79 Å². The van der Waals surface area contributed by atoms with Crippen LogP contribution in [0.4, 0.5) is 0 Å². The van der Waals surface area contributed by atoms with Crippen molar-refractivity contribution in [2.75, 3.05) is 40.8 Å². The van der Waals surface area contributed by atoms with Gasteiger partial charge in [0, 0.05) is 32.8 Å². The molecule has 114 valence electrons. The van der Waals surface area contributed by atoms with Crippen molar-refractivity contribution in [3.05, 3.63) is 0 Å². The number of ether oxygens (including phenoxy) is 1. The topological polar surface area (TPSA) is 58.8 Å². The Morgan fingerprint density at radius 2 is 1.89 bits per heavy atom. The number of methoxy groups -OCH3 is 1. The summed E-state index contributed by atoms with van der Waals surface area (Å²) in [6, 6.07) is 0.377. The second kappa shape index (κ2) is 9.53. The molecule has 0 spiro atoms. The summed E-state index contributed by atoms with van der Waals surface area (Å²) in [4.78, 5) is 16.5. The van der Waals surface area contributed by atoms with Gasteiger partial charge in [0.25, 0.3) is 5.91 Å². The Morgan fingerprint density at radius 1 is 1.32 bits per heavy atom. The van der Waals surface area contributed by atoms with E-state index in [2.05, 4.69) is 4.90 Å². The minimum atomic E-state index is -0.493. The Labute approximate surface area is 122 Å². The first-order valence-corrected chi connectivity index (χ1v) is 6.78. The van der Waals surface area contributed by atoms with Crippen molar-refractivity contribution >= 4 is 18.3 Å². The monoisotopic (exact) mass is 293 g/mol. The summed E-state index contributed by atoms with van der Waals surface area (Å²) in [5.74, 6) is 0.0498. The van der Waals surface area contributed by atoms with Crippen molar-refractivity contribution in [3.8, 4) is 0 Å². The van der Waals surface area contributed by atoms with Gasteiger partial charge in [-0.15, -0.1) is 12.4 Å². The van der Waals surface area contributed by atoms with Gasteiger partial charge in [-0.3, -0.25) is 4.79 Å². The lowest BCUT2D eigenvalue weighted by Crippen LogP contribution is -2.49. The fraction of sp³-hybridized carbons (Fsp3) is 0.923. The maximum absolute atomic E-state index is 12.4. The van der Waals surface area contributed by atoms with Gasteiger partial charge in [0.1, 0.15) is 6.10 Å². The average Bonchev–Trinajstić information content (AvgIpc) is 2.84. The maximum Gasteiger partial charge on any atom is 0.253 e. The minimum Gasteiger partial charge on any atom is -0.370 e. The van der Waals surface area contributed by atoms with E-state index in [1.807, 2.05) is 19.0 Å². The molecular weight excluding hydrogens is 266 g/mol. The summed E-state index contributed by atoms with van der Waals surface area (Å²) >= 11 is 0. The van der Waals surface area contributed by atoms with Crippen molar-refractivity contribution in [1.29, 1.82) is 0 Å². The Morgan fingerprint density at radius 3 is 2.32 bits per heavy atom. The third-order valence-corrected chi connectivity index (χ3v) is 3.61. The first-order chi connectivity index (χ1) is 8.60. The van der Waals surface area contributed by atoms with Gasteiger partial charge < -0.3 is 20.3 Å². The van der Waals surface area contributed by atoms with Crippen molar-refractivity contribution in [1.82, 2.24) is 9.80 Å². The summed E-state index contributed by atoms with van der Waals surface area (Å²) < 4.78 is 5.18. The number of rotatable bonds is 7. The van der Waals surface area contributed by atoms with Gasteiger partial charge in [-0.25, -0.2) is 0 Å². The minimum absolute atomic E-state index is 0. The number of likely N-dealkylation sites (N-methyl/N-ethyl adjacent to an activating group) is 1. The molecule has 1 amide bonds. The fourth-order valence-electron chi connectivity index (χ4n) is 2.48. The van der Waals surface area contributed by atoms with E-state index >= 15 is 0 Å². The van der Waals surface area contributed by atoms with Gasteiger partial charge in [0.05, 0.1) is 0 Å². The van der Waals surface area contributed by atoms with Crippen LogP contribution in [0.1, 0.15) is 25.7 Å². The van der Waals surface area contributed by atoms with E-state index in [4.69, 9.17) is 10.5 Å². The molecule has 1 atom stereocenters. The zero-order valence-corrected chi connectivity index (χ0v) is 13.1. The number of nitrogens with zero attached hydrogens (tertiary/aromatic N) is 2. The van der Waals surface area contributed by atoms with Crippen LogP contribution in [0.25, 0.3) is 0 Å². The average molecular weight is 294 g/mol. The maximum atomic E-state index is 12.4. The van der Waals surface area contributed by atoms with E-state index in [1.54, 1.807) is 7.11 Å². The summed E-state index contributed by atoms with van der Waals surface area (Å²) in [6.07, 6.45) is 4.17. The molecular formula is C13H28ClN3O2. The van der Waals surface area contributed by atoms with Crippen LogP contribution in [-0.2, 0) is 9.53 Å². The smallest absolute Gasteiger partial charge is 0.253 e. The highest BCUT2D eigenvalue weighted by atomic mass is 35.5. The molecule has 1 unspecified atom stereocenters. The van der Waals surface area contributed by atoms with Crippen molar-refractivity contribution in [3.63, 3.8) is 0 Å². The molecule has 1 rings (SSSR count).